The van der Waals surface area contributed by atoms with Crippen LogP contribution in [0.3, 0.4) is 0 Å². The van der Waals surface area contributed by atoms with E-state index in [0.29, 0.717) is 22.9 Å². The van der Waals surface area contributed by atoms with Crippen LogP contribution in [0.4, 0.5) is 5.69 Å². The molecule has 0 aliphatic rings. The van der Waals surface area contributed by atoms with Crippen LogP contribution in [0, 0.1) is 0 Å². The molecule has 0 atom stereocenters. The van der Waals surface area contributed by atoms with Crippen LogP contribution in [0.2, 0.25) is 5.02 Å². The number of nitrogens with one attached hydrogen (secondary N) is 1. The van der Waals surface area contributed by atoms with Crippen molar-refractivity contribution in [1.82, 2.24) is 34.2 Å². The molecule has 1 amide bonds. The smallest absolute Gasteiger partial charge is 0.276 e. The molecule has 0 saturated heterocycles. The predicted molar refractivity (Wildman–Crippen MR) is 128 cm³/mol. The Bertz CT molecular complexity index is 1470. The van der Waals surface area contributed by atoms with Crippen molar-refractivity contribution < 1.29 is 4.79 Å². The number of aromatic nitrogens is 7. The molecule has 1 N–H and O–H groups in total. The average Bonchev–Trinajstić information content (AvgIpc) is 3.53. The molecule has 0 radical (unpaired) electrons. The zero-order valence-corrected chi connectivity index (χ0v) is 19.8. The van der Waals surface area contributed by atoms with Crippen LogP contribution >= 0.6 is 27.5 Å². The predicted octanol–water partition coefficient (Wildman–Crippen LogP) is 4.53. The maximum atomic E-state index is 12.9. The summed E-state index contributed by atoms with van der Waals surface area (Å²) < 4.78 is 5.98. The van der Waals surface area contributed by atoms with Gasteiger partial charge in [0.05, 0.1) is 28.6 Å². The van der Waals surface area contributed by atoms with Crippen molar-refractivity contribution in [3.05, 3.63) is 81.9 Å². The van der Waals surface area contributed by atoms with Gasteiger partial charge in [0.25, 0.3) is 5.91 Å². The normalized spacial score (nSPS) is 11.2. The summed E-state index contributed by atoms with van der Waals surface area (Å²) in [6, 6.07) is 11.0. The standard InChI is InChI=1S/C22H18BrClN8O/c1-2-30-13-16(23)21(29-30)19-7-8-25-20-9-18(28-32(19)20)22(33)27-15-10-26-31(12-15)11-14-5-3-4-6-17(14)24/h3-10,12-13H,2,11H2,1H3,(H,27,33). The molecule has 4 heterocycles. The number of fused-ring (bicyclic) bond motifs is 1. The Labute approximate surface area is 202 Å². The van der Waals surface area contributed by atoms with Gasteiger partial charge in [-0.1, -0.05) is 29.8 Å². The minimum absolute atomic E-state index is 0.236. The van der Waals surface area contributed by atoms with Crippen molar-refractivity contribution in [1.29, 1.82) is 0 Å². The number of rotatable bonds is 6. The van der Waals surface area contributed by atoms with Gasteiger partial charge in [0.2, 0.25) is 0 Å². The molecule has 0 saturated carbocycles. The Hall–Kier alpha value is -3.50. The molecule has 5 aromatic rings. The van der Waals surface area contributed by atoms with E-state index in [1.165, 1.54) is 0 Å². The highest BCUT2D eigenvalue weighted by Gasteiger charge is 2.18. The van der Waals surface area contributed by atoms with Crippen molar-refractivity contribution in [3.8, 4) is 11.4 Å². The maximum Gasteiger partial charge on any atom is 0.276 e. The maximum absolute atomic E-state index is 12.9. The molecular formula is C22H18BrClN8O. The van der Waals surface area contributed by atoms with E-state index in [0.717, 1.165) is 28.0 Å². The lowest BCUT2D eigenvalue weighted by Gasteiger charge is -2.04. The summed E-state index contributed by atoms with van der Waals surface area (Å²) in [6.45, 7) is 3.25. The highest BCUT2D eigenvalue weighted by atomic mass is 79.9. The highest BCUT2D eigenvalue weighted by molar-refractivity contribution is 9.10. The summed E-state index contributed by atoms with van der Waals surface area (Å²) in [7, 11) is 0. The van der Waals surface area contributed by atoms with Gasteiger partial charge in [-0.05, 0) is 40.5 Å². The molecule has 11 heteroatoms. The fraction of sp³-hybridized carbons (Fsp3) is 0.136. The summed E-state index contributed by atoms with van der Waals surface area (Å²) in [6.07, 6.45) is 6.90. The lowest BCUT2D eigenvalue weighted by atomic mass is 10.2. The minimum Gasteiger partial charge on any atom is -0.318 e. The Morgan fingerprint density at radius 1 is 1.15 bits per heavy atom. The molecule has 9 nitrogen and oxygen atoms in total. The van der Waals surface area contributed by atoms with E-state index in [9.17, 15) is 4.79 Å². The second-order valence-corrected chi connectivity index (χ2v) is 8.54. The van der Waals surface area contributed by atoms with E-state index < -0.39 is 0 Å². The Morgan fingerprint density at radius 3 is 2.79 bits per heavy atom. The van der Waals surface area contributed by atoms with Crippen molar-refractivity contribution in [2.75, 3.05) is 5.32 Å². The van der Waals surface area contributed by atoms with Crippen LogP contribution in [0.1, 0.15) is 23.0 Å². The van der Waals surface area contributed by atoms with Gasteiger partial charge in [0, 0.05) is 36.2 Å². The third-order valence-corrected chi connectivity index (χ3v) is 6.00. The molecule has 0 spiro atoms. The SMILES string of the molecule is CCn1cc(Br)c(-c2ccnc3cc(C(=O)Nc4cnn(Cc5ccccc5Cl)c4)nn23)n1. The van der Waals surface area contributed by atoms with E-state index in [1.807, 2.05) is 48.1 Å². The van der Waals surface area contributed by atoms with Crippen molar-refractivity contribution in [2.45, 2.75) is 20.0 Å². The molecule has 5 rings (SSSR count). The fourth-order valence-corrected chi connectivity index (χ4v) is 4.14. The van der Waals surface area contributed by atoms with E-state index in [1.54, 1.807) is 33.9 Å². The summed E-state index contributed by atoms with van der Waals surface area (Å²) in [5.41, 5.74) is 3.73. The van der Waals surface area contributed by atoms with Crippen LogP contribution in [-0.2, 0) is 13.1 Å². The number of nitrogens with zero attached hydrogens (tertiary/aromatic N) is 7. The van der Waals surface area contributed by atoms with Gasteiger partial charge in [-0.15, -0.1) is 0 Å². The summed E-state index contributed by atoms with van der Waals surface area (Å²) in [5, 5.41) is 16.9. The number of amides is 1. The fourth-order valence-electron chi connectivity index (χ4n) is 3.43. The molecule has 1 aromatic carbocycles. The first-order valence-electron chi connectivity index (χ1n) is 10.2. The molecule has 0 aliphatic heterocycles. The number of carbonyl (C=O) groups excluding carboxylic acids is 1. The summed E-state index contributed by atoms with van der Waals surface area (Å²) >= 11 is 9.77. The van der Waals surface area contributed by atoms with Crippen LogP contribution in [0.5, 0.6) is 0 Å². The minimum atomic E-state index is -0.359. The Morgan fingerprint density at radius 2 is 2.00 bits per heavy atom. The number of anilines is 1. The number of hydrogen-bond acceptors (Lipinski definition) is 5. The van der Waals surface area contributed by atoms with E-state index in [2.05, 4.69) is 41.5 Å². The molecule has 0 unspecified atom stereocenters. The quantitative estimate of drug-likeness (QED) is 0.352. The monoisotopic (exact) mass is 524 g/mol. The van der Waals surface area contributed by atoms with E-state index in [4.69, 9.17) is 11.6 Å². The largest absolute Gasteiger partial charge is 0.318 e. The van der Waals surface area contributed by atoms with Gasteiger partial charge in [0.1, 0.15) is 5.69 Å². The van der Waals surface area contributed by atoms with Crippen LogP contribution < -0.4 is 5.32 Å². The molecule has 4 aromatic heterocycles. The molecule has 0 bridgehead atoms. The number of halogens is 2. The van der Waals surface area contributed by atoms with Gasteiger partial charge in [0.15, 0.2) is 11.3 Å². The first-order chi connectivity index (χ1) is 16.0. The third kappa shape index (κ3) is 4.27. The zero-order valence-electron chi connectivity index (χ0n) is 17.5. The van der Waals surface area contributed by atoms with Gasteiger partial charge in [-0.25, -0.2) is 9.50 Å². The molecule has 0 fully saturated rings. The van der Waals surface area contributed by atoms with E-state index >= 15 is 0 Å². The second kappa shape index (κ2) is 8.80. The first-order valence-corrected chi connectivity index (χ1v) is 11.3. The van der Waals surface area contributed by atoms with Crippen LogP contribution in [0.25, 0.3) is 17.0 Å². The highest BCUT2D eigenvalue weighted by Crippen LogP contribution is 2.27. The molecule has 0 aliphatic carbocycles. The zero-order chi connectivity index (χ0) is 22.9. The Balaban J connectivity index is 1.38. The van der Waals surface area contributed by atoms with Crippen LogP contribution in [-0.4, -0.2) is 40.1 Å². The second-order valence-electron chi connectivity index (χ2n) is 7.28. The summed E-state index contributed by atoms with van der Waals surface area (Å²) in [4.78, 5) is 17.2. The number of benzene rings is 1. The molecular weight excluding hydrogens is 508 g/mol. The number of aryl methyl sites for hydroxylation is 1. The lowest BCUT2D eigenvalue weighted by Crippen LogP contribution is -2.12. The van der Waals surface area contributed by atoms with Gasteiger partial charge >= 0.3 is 0 Å². The topological polar surface area (TPSA) is 94.9 Å². The average molecular weight is 526 g/mol. The number of carbonyl (C=O) groups is 1. The van der Waals surface area contributed by atoms with E-state index in [-0.39, 0.29) is 11.6 Å². The van der Waals surface area contributed by atoms with Crippen molar-refractivity contribution in [3.63, 3.8) is 0 Å². The first kappa shape index (κ1) is 21.4. The molecule has 166 valence electrons. The van der Waals surface area contributed by atoms with Crippen molar-refractivity contribution in [2.24, 2.45) is 0 Å². The third-order valence-electron chi connectivity index (χ3n) is 5.06. The number of hydrogen-bond donors (Lipinski definition) is 1. The van der Waals surface area contributed by atoms with Gasteiger partial charge in [-0.3, -0.25) is 14.2 Å². The Kier molecular flexibility index (Phi) is 5.69. The summed E-state index contributed by atoms with van der Waals surface area (Å²) in [5.74, 6) is -0.359. The lowest BCUT2D eigenvalue weighted by molar-refractivity contribution is 0.102. The van der Waals surface area contributed by atoms with Gasteiger partial charge in [-0.2, -0.15) is 15.3 Å². The van der Waals surface area contributed by atoms with Crippen LogP contribution in [0.15, 0.2) is 65.7 Å². The van der Waals surface area contributed by atoms with Gasteiger partial charge < -0.3 is 5.32 Å². The van der Waals surface area contributed by atoms with Crippen molar-refractivity contribution >= 4 is 44.8 Å². The molecule has 33 heavy (non-hydrogen) atoms.